The molecule has 0 amide bonds. The normalized spacial score (nSPS) is 4.17. The summed E-state index contributed by atoms with van der Waals surface area (Å²) in [6.45, 7) is 1.66. The third kappa shape index (κ3) is 3.01. The Labute approximate surface area is 36.7 Å². The average Bonchev–Trinajstić information content (AvgIpc) is 1.61. The van der Waals surface area contributed by atoms with Crippen LogP contribution < -0.4 is 0 Å². The van der Waals surface area contributed by atoms with E-state index >= 15 is 0 Å². The lowest BCUT2D eigenvalue weighted by Crippen LogP contribution is -1.44. The van der Waals surface area contributed by atoms with E-state index in [1.807, 2.05) is 0 Å². The summed E-state index contributed by atoms with van der Waals surface area (Å²) < 4.78 is 0. The van der Waals surface area contributed by atoms with Crippen molar-refractivity contribution in [1.29, 1.82) is 0 Å². The van der Waals surface area contributed by atoms with Gasteiger partial charge in [0.15, 0.2) is 0 Å². The molecule has 0 N–H and O–H groups in total. The van der Waals surface area contributed by atoms with Gasteiger partial charge in [-0.2, -0.15) is 0 Å². The quantitative estimate of drug-likeness (QED) is 0.304. The molecule has 0 rings (SSSR count). The molecule has 0 aliphatic carbocycles. The van der Waals surface area contributed by atoms with E-state index < -0.39 is 0 Å². The first kappa shape index (κ1) is 5.01. The Hall–Kier alpha value is -0.990. The fourth-order valence-electron chi connectivity index (χ4n) is 0.102. The molecular weight excluding hydrogens is 76.1 g/mol. The van der Waals surface area contributed by atoms with E-state index in [4.69, 9.17) is 0 Å². The Morgan fingerprint density at radius 3 is 2.50 bits per heavy atom. The monoisotopic (exact) mass is 80.0 g/mol. The molecular formula is C5H4O. The lowest BCUT2D eigenvalue weighted by Gasteiger charge is -1.46. The Balaban J connectivity index is 3.53. The first-order valence-corrected chi connectivity index (χ1v) is 1.53. The molecule has 0 radical (unpaired) electrons. The van der Waals surface area contributed by atoms with E-state index in [1.165, 1.54) is 5.94 Å². The molecule has 0 fully saturated rings. The molecule has 0 atom stereocenters. The van der Waals surface area contributed by atoms with Crippen molar-refractivity contribution in [3.05, 3.63) is 6.08 Å². The van der Waals surface area contributed by atoms with E-state index in [2.05, 4.69) is 11.8 Å². The summed E-state index contributed by atoms with van der Waals surface area (Å²) in [4.78, 5) is 9.28. The van der Waals surface area contributed by atoms with Gasteiger partial charge >= 0.3 is 0 Å². The van der Waals surface area contributed by atoms with Crippen LogP contribution in [-0.4, -0.2) is 5.94 Å². The number of hydrogen-bond donors (Lipinski definition) is 0. The van der Waals surface area contributed by atoms with E-state index in [0.29, 0.717) is 0 Å². The SMILES string of the molecule is CC#CC=C=O. The van der Waals surface area contributed by atoms with Crippen molar-refractivity contribution in [1.82, 2.24) is 0 Å². The molecule has 0 aliphatic heterocycles. The van der Waals surface area contributed by atoms with Crippen molar-refractivity contribution in [2.24, 2.45) is 0 Å². The number of hydrogen-bond acceptors (Lipinski definition) is 1. The van der Waals surface area contributed by atoms with Gasteiger partial charge in [-0.3, -0.25) is 0 Å². The molecule has 30 valence electrons. The highest BCUT2D eigenvalue weighted by Gasteiger charge is 1.45. The van der Waals surface area contributed by atoms with E-state index in [9.17, 15) is 4.79 Å². The number of rotatable bonds is 0. The molecule has 1 nitrogen and oxygen atoms in total. The maximum Gasteiger partial charge on any atom is 0.133 e. The molecule has 0 heterocycles. The minimum absolute atomic E-state index is 1.14. The maximum absolute atomic E-state index is 9.28. The fraction of sp³-hybridized carbons (Fsp3) is 0.200. The first-order valence-electron chi connectivity index (χ1n) is 1.53. The highest BCUT2D eigenvalue weighted by Crippen LogP contribution is 1.48. The van der Waals surface area contributed by atoms with Gasteiger partial charge in [0.1, 0.15) is 5.94 Å². The fourth-order valence-corrected chi connectivity index (χ4v) is 0.102. The van der Waals surface area contributed by atoms with Gasteiger partial charge in [-0.25, -0.2) is 4.79 Å². The number of carbonyl (C=O) groups excluding carboxylic acids is 1. The van der Waals surface area contributed by atoms with Crippen LogP contribution in [0.4, 0.5) is 0 Å². The topological polar surface area (TPSA) is 17.1 Å². The van der Waals surface area contributed by atoms with Gasteiger partial charge in [0, 0.05) is 0 Å². The van der Waals surface area contributed by atoms with Gasteiger partial charge < -0.3 is 0 Å². The Morgan fingerprint density at radius 2 is 2.33 bits per heavy atom. The Morgan fingerprint density at radius 1 is 1.67 bits per heavy atom. The van der Waals surface area contributed by atoms with Crippen LogP contribution in [0.15, 0.2) is 6.08 Å². The summed E-state index contributed by atoms with van der Waals surface area (Å²) in [5.74, 6) is 6.42. The van der Waals surface area contributed by atoms with Crippen LogP contribution in [0.25, 0.3) is 0 Å². The zero-order valence-electron chi connectivity index (χ0n) is 3.49. The van der Waals surface area contributed by atoms with Gasteiger partial charge in [-0.1, -0.05) is 5.92 Å². The van der Waals surface area contributed by atoms with Crippen LogP contribution in [0, 0.1) is 11.8 Å². The predicted molar refractivity (Wildman–Crippen MR) is 23.7 cm³/mol. The molecule has 0 aliphatic rings. The zero-order valence-corrected chi connectivity index (χ0v) is 3.49. The molecule has 0 aromatic carbocycles. The van der Waals surface area contributed by atoms with E-state index in [-0.39, 0.29) is 0 Å². The molecule has 0 bridgehead atoms. The van der Waals surface area contributed by atoms with E-state index in [1.54, 1.807) is 6.92 Å². The molecule has 0 saturated carbocycles. The zero-order chi connectivity index (χ0) is 4.83. The molecule has 0 unspecified atom stereocenters. The third-order valence-corrected chi connectivity index (χ3v) is 0.275. The van der Waals surface area contributed by atoms with Crippen molar-refractivity contribution in [3.8, 4) is 11.8 Å². The highest BCUT2D eigenvalue weighted by molar-refractivity contribution is 5.51. The maximum atomic E-state index is 9.28. The smallest absolute Gasteiger partial charge is 0.133 e. The van der Waals surface area contributed by atoms with Crippen LogP contribution in [0.5, 0.6) is 0 Å². The lowest BCUT2D eigenvalue weighted by atomic mass is 10.6. The molecule has 6 heavy (non-hydrogen) atoms. The minimum Gasteiger partial charge on any atom is -0.233 e. The van der Waals surface area contributed by atoms with Gasteiger partial charge in [0.2, 0.25) is 0 Å². The van der Waals surface area contributed by atoms with Crippen LogP contribution >= 0.6 is 0 Å². The van der Waals surface area contributed by atoms with Crippen LogP contribution in [0.3, 0.4) is 0 Å². The van der Waals surface area contributed by atoms with Gasteiger partial charge in [-0.05, 0) is 6.92 Å². The van der Waals surface area contributed by atoms with E-state index in [0.717, 1.165) is 6.08 Å². The largest absolute Gasteiger partial charge is 0.233 e. The standard InChI is InChI=1S/C5H4O/c1-2-3-4-5-6/h4H,1H3. The first-order chi connectivity index (χ1) is 2.91. The van der Waals surface area contributed by atoms with Crippen LogP contribution in [-0.2, 0) is 4.79 Å². The Kier molecular flexibility index (Phi) is 3.35. The van der Waals surface area contributed by atoms with Crippen LogP contribution in [0.2, 0.25) is 0 Å². The molecule has 1 heteroatoms. The van der Waals surface area contributed by atoms with Gasteiger partial charge in [-0.15, -0.1) is 5.92 Å². The molecule has 0 saturated heterocycles. The predicted octanol–water partition coefficient (Wildman–Crippen LogP) is 0.397. The van der Waals surface area contributed by atoms with Crippen LogP contribution in [0.1, 0.15) is 6.92 Å². The van der Waals surface area contributed by atoms with Gasteiger partial charge in [0.05, 0.1) is 6.08 Å². The van der Waals surface area contributed by atoms with Crippen molar-refractivity contribution < 1.29 is 4.79 Å². The summed E-state index contributed by atoms with van der Waals surface area (Å²) in [5, 5.41) is 0. The van der Waals surface area contributed by atoms with Gasteiger partial charge in [0.25, 0.3) is 0 Å². The van der Waals surface area contributed by atoms with Crippen molar-refractivity contribution in [3.63, 3.8) is 0 Å². The lowest BCUT2D eigenvalue weighted by molar-refractivity contribution is 0.569. The minimum atomic E-state index is 1.14. The van der Waals surface area contributed by atoms with Crippen molar-refractivity contribution >= 4 is 5.94 Å². The van der Waals surface area contributed by atoms with Crippen molar-refractivity contribution in [2.75, 3.05) is 0 Å². The summed E-state index contributed by atoms with van der Waals surface area (Å²) in [5.41, 5.74) is 0. The van der Waals surface area contributed by atoms with Crippen molar-refractivity contribution in [2.45, 2.75) is 6.92 Å². The summed E-state index contributed by atoms with van der Waals surface area (Å²) in [7, 11) is 0. The third-order valence-electron chi connectivity index (χ3n) is 0.275. The second-order valence-electron chi connectivity index (χ2n) is 0.657. The molecule has 0 spiro atoms. The highest BCUT2D eigenvalue weighted by atomic mass is 16.1. The Bertz CT molecular complexity index is 119. The summed E-state index contributed by atoms with van der Waals surface area (Å²) in [6.07, 6.45) is 1.14. The number of allylic oxidation sites excluding steroid dienone is 1. The summed E-state index contributed by atoms with van der Waals surface area (Å²) >= 11 is 0. The molecule has 0 aromatic rings. The molecule has 0 aromatic heterocycles. The second kappa shape index (κ2) is 4.01. The average molecular weight is 80.1 g/mol. The second-order valence-corrected chi connectivity index (χ2v) is 0.657. The summed E-state index contributed by atoms with van der Waals surface area (Å²) in [6, 6.07) is 0.